The summed E-state index contributed by atoms with van der Waals surface area (Å²) in [6.07, 6.45) is 0.477. The molecule has 8 N–H and O–H groups in total. The van der Waals surface area contributed by atoms with Gasteiger partial charge in [-0.2, -0.15) is 13.4 Å². The first-order valence-corrected chi connectivity index (χ1v) is 12.6. The van der Waals surface area contributed by atoms with E-state index < -0.39 is 58.2 Å². The van der Waals surface area contributed by atoms with Gasteiger partial charge in [-0.05, 0) is 30.7 Å². The third kappa shape index (κ3) is 7.68. The van der Waals surface area contributed by atoms with Gasteiger partial charge >= 0.3 is 22.1 Å². The number of rotatable bonds is 12. The summed E-state index contributed by atoms with van der Waals surface area (Å²) in [5.41, 5.74) is 11.4. The number of fused-ring (bicyclic) bond motifs is 1. The molecular weight excluding hydrogens is 524 g/mol. The highest BCUT2D eigenvalue weighted by molar-refractivity contribution is 7.87. The van der Waals surface area contributed by atoms with E-state index in [1.54, 1.807) is 12.1 Å². The molecule has 38 heavy (non-hydrogen) atoms. The van der Waals surface area contributed by atoms with E-state index in [0.717, 1.165) is 0 Å². The highest BCUT2D eigenvalue weighted by Gasteiger charge is 2.24. The molecule has 0 aliphatic rings. The molecule has 0 saturated heterocycles. The van der Waals surface area contributed by atoms with Crippen LogP contribution in [0.25, 0.3) is 11.2 Å². The number of benzene rings is 1. The fourth-order valence-corrected chi connectivity index (χ4v) is 3.86. The van der Waals surface area contributed by atoms with Gasteiger partial charge in [0.1, 0.15) is 6.04 Å². The molecule has 0 spiro atoms. The van der Waals surface area contributed by atoms with Crippen LogP contribution >= 0.6 is 0 Å². The number of aromatic nitrogens is 4. The van der Waals surface area contributed by atoms with Gasteiger partial charge in [-0.1, -0.05) is 0 Å². The number of nitrogens with one attached hydrogen (secondary N) is 3. The van der Waals surface area contributed by atoms with Gasteiger partial charge in [0.15, 0.2) is 11.2 Å². The van der Waals surface area contributed by atoms with Crippen LogP contribution in [0.3, 0.4) is 0 Å². The van der Waals surface area contributed by atoms with Crippen molar-refractivity contribution >= 4 is 50.8 Å². The lowest BCUT2D eigenvalue weighted by Crippen LogP contribution is -2.41. The number of carbonyl (C=O) groups is 3. The molecule has 0 saturated carbocycles. The van der Waals surface area contributed by atoms with Gasteiger partial charge in [0.25, 0.3) is 11.5 Å². The molecule has 0 radical (unpaired) electrons. The van der Waals surface area contributed by atoms with Crippen LogP contribution in [-0.2, 0) is 30.4 Å². The zero-order valence-electron chi connectivity index (χ0n) is 19.7. The third-order valence-corrected chi connectivity index (χ3v) is 6.11. The molecule has 0 bridgehead atoms. The first-order valence-electron chi connectivity index (χ1n) is 11.0. The van der Waals surface area contributed by atoms with Gasteiger partial charge in [-0.3, -0.25) is 19.4 Å². The van der Waals surface area contributed by atoms with Crippen LogP contribution in [0.4, 0.5) is 11.6 Å². The highest BCUT2D eigenvalue weighted by Crippen LogP contribution is 2.12. The Morgan fingerprint density at radius 3 is 2.53 bits per heavy atom. The first kappa shape index (κ1) is 27.9. The van der Waals surface area contributed by atoms with Crippen molar-refractivity contribution in [2.75, 3.05) is 23.3 Å². The van der Waals surface area contributed by atoms with Crippen LogP contribution < -0.4 is 27.7 Å². The van der Waals surface area contributed by atoms with Crippen LogP contribution in [0.5, 0.6) is 0 Å². The summed E-state index contributed by atoms with van der Waals surface area (Å²) in [6.45, 7) is -0.0550. The second-order valence-corrected chi connectivity index (χ2v) is 9.51. The molecule has 0 aliphatic carbocycles. The van der Waals surface area contributed by atoms with Crippen molar-refractivity contribution in [2.45, 2.75) is 25.4 Å². The van der Waals surface area contributed by atoms with Crippen molar-refractivity contribution in [3.05, 3.63) is 52.1 Å². The molecule has 2 aromatic heterocycles. The minimum absolute atomic E-state index is 0.0314. The zero-order chi connectivity index (χ0) is 27.9. The number of nitrogen functional groups attached to an aromatic ring is 1. The number of aromatic amines is 1. The smallest absolute Gasteiger partial charge is 0.326 e. The monoisotopic (exact) mass is 548 g/mol. The van der Waals surface area contributed by atoms with E-state index >= 15 is 0 Å². The fraction of sp³-hybridized carbons (Fsp3) is 0.286. The Kier molecular flexibility index (Phi) is 8.87. The van der Waals surface area contributed by atoms with E-state index in [4.69, 9.17) is 11.5 Å². The SMILES string of the molecule is NCCS(=O)(=O)OC(=O)CC[C@H](NC(=O)c1ccc(NCc2cnc3nc(N)[nH]c(=O)c3n2)cc1)C(=O)O. The van der Waals surface area contributed by atoms with Crippen molar-refractivity contribution in [1.29, 1.82) is 0 Å². The van der Waals surface area contributed by atoms with Crippen molar-refractivity contribution in [3.63, 3.8) is 0 Å². The minimum atomic E-state index is -4.15. The number of carboxylic acids is 1. The number of amides is 1. The predicted octanol–water partition coefficient (Wildman–Crippen LogP) is -1.30. The number of anilines is 2. The average Bonchev–Trinajstić information content (AvgIpc) is 2.85. The maximum Gasteiger partial charge on any atom is 0.326 e. The quantitative estimate of drug-likeness (QED) is 0.144. The number of hydrogen-bond acceptors (Lipinski definition) is 13. The number of nitrogens with two attached hydrogens (primary N) is 2. The molecule has 2 heterocycles. The molecule has 3 rings (SSSR count). The van der Waals surface area contributed by atoms with E-state index in [-0.39, 0.29) is 35.8 Å². The van der Waals surface area contributed by atoms with Gasteiger partial charge in [0.2, 0.25) is 5.95 Å². The summed E-state index contributed by atoms with van der Waals surface area (Å²) in [7, 11) is -4.15. The third-order valence-electron chi connectivity index (χ3n) is 4.94. The maximum absolute atomic E-state index is 12.5. The lowest BCUT2D eigenvalue weighted by atomic mass is 10.1. The van der Waals surface area contributed by atoms with Crippen LogP contribution in [0, 0.1) is 0 Å². The molecule has 0 aliphatic heterocycles. The summed E-state index contributed by atoms with van der Waals surface area (Å²) in [6, 6.07) is 4.54. The Balaban J connectivity index is 1.56. The van der Waals surface area contributed by atoms with Gasteiger partial charge in [-0.15, -0.1) is 0 Å². The van der Waals surface area contributed by atoms with Crippen molar-refractivity contribution in [3.8, 4) is 0 Å². The van der Waals surface area contributed by atoms with Crippen molar-refractivity contribution < 1.29 is 32.1 Å². The number of H-pyrrole nitrogens is 1. The lowest BCUT2D eigenvalue weighted by Gasteiger charge is -2.14. The summed E-state index contributed by atoms with van der Waals surface area (Å²) in [5.74, 6) is -3.93. The normalized spacial score (nSPS) is 12.0. The molecule has 16 nitrogen and oxygen atoms in total. The molecule has 202 valence electrons. The summed E-state index contributed by atoms with van der Waals surface area (Å²) in [4.78, 5) is 62.2. The molecule has 1 aromatic carbocycles. The van der Waals surface area contributed by atoms with Crippen molar-refractivity contribution in [1.82, 2.24) is 25.3 Å². The Morgan fingerprint density at radius 1 is 1.16 bits per heavy atom. The number of hydrogen-bond donors (Lipinski definition) is 6. The first-order chi connectivity index (χ1) is 18.0. The second kappa shape index (κ2) is 12.1. The number of aliphatic carboxylic acids is 1. The average molecular weight is 549 g/mol. The number of carboxylic acid groups (broad SMARTS) is 1. The van der Waals surface area contributed by atoms with E-state index in [1.807, 2.05) is 0 Å². The summed E-state index contributed by atoms with van der Waals surface area (Å²) < 4.78 is 27.2. The van der Waals surface area contributed by atoms with Crippen molar-refractivity contribution in [2.24, 2.45) is 5.73 Å². The predicted molar refractivity (Wildman–Crippen MR) is 133 cm³/mol. The zero-order valence-corrected chi connectivity index (χ0v) is 20.5. The molecule has 0 fully saturated rings. The Bertz CT molecular complexity index is 1510. The van der Waals surface area contributed by atoms with Gasteiger partial charge in [0, 0.05) is 24.2 Å². The molecule has 1 atom stereocenters. The van der Waals surface area contributed by atoms with E-state index in [1.165, 1.54) is 18.3 Å². The topological polar surface area (TPSA) is 262 Å². The van der Waals surface area contributed by atoms with Gasteiger partial charge in [0.05, 0.1) is 24.2 Å². The lowest BCUT2D eigenvalue weighted by molar-refractivity contribution is -0.140. The molecule has 1 amide bonds. The molecule has 17 heteroatoms. The fourth-order valence-electron chi connectivity index (χ4n) is 3.12. The highest BCUT2D eigenvalue weighted by atomic mass is 32.2. The van der Waals surface area contributed by atoms with Crippen LogP contribution in [0.2, 0.25) is 0 Å². The van der Waals surface area contributed by atoms with Gasteiger partial charge in [-0.25, -0.2) is 14.8 Å². The Labute approximate surface area is 215 Å². The van der Waals surface area contributed by atoms with E-state index in [0.29, 0.717) is 11.4 Å². The maximum atomic E-state index is 12.5. The second-order valence-electron chi connectivity index (χ2n) is 7.82. The number of carbonyl (C=O) groups excluding carboxylic acids is 2. The largest absolute Gasteiger partial charge is 0.480 e. The van der Waals surface area contributed by atoms with Crippen LogP contribution in [0.15, 0.2) is 35.3 Å². The van der Waals surface area contributed by atoms with Crippen LogP contribution in [0.1, 0.15) is 28.9 Å². The summed E-state index contributed by atoms with van der Waals surface area (Å²) >= 11 is 0. The van der Waals surface area contributed by atoms with Crippen LogP contribution in [-0.4, -0.2) is 69.6 Å². The molecule has 3 aromatic rings. The summed E-state index contributed by atoms with van der Waals surface area (Å²) in [5, 5.41) is 14.7. The Morgan fingerprint density at radius 2 is 1.87 bits per heavy atom. The molecular formula is C21H24N8O8S. The standard InChI is InChI=1S/C21H24N8O8S/c22-7-8-38(35,36)37-15(30)6-5-14(20(33)34)27-18(31)11-1-3-12(4-2-11)24-9-13-10-25-17-16(26-13)19(32)29-21(23)28-17/h1-4,10,14,24H,5-9,22H2,(H,27,31)(H,33,34)(H3,23,25,28,29,32)/t14-/m0/s1. The minimum Gasteiger partial charge on any atom is -0.480 e. The van der Waals surface area contributed by atoms with E-state index in [2.05, 4.69) is 34.8 Å². The number of nitrogens with zero attached hydrogens (tertiary/aromatic N) is 3. The molecule has 0 unspecified atom stereocenters. The van der Waals surface area contributed by atoms with E-state index in [9.17, 15) is 32.7 Å². The van der Waals surface area contributed by atoms with Gasteiger partial charge < -0.3 is 31.4 Å². The Hall–Kier alpha value is -4.64.